The van der Waals surface area contributed by atoms with Gasteiger partial charge in [-0.05, 0) is 37.6 Å². The van der Waals surface area contributed by atoms with Gasteiger partial charge < -0.3 is 15.2 Å². The number of carbonyl (C=O) groups is 2. The van der Waals surface area contributed by atoms with Crippen LogP contribution in [0.25, 0.3) is 0 Å². The second-order valence-electron chi connectivity index (χ2n) is 6.54. The summed E-state index contributed by atoms with van der Waals surface area (Å²) < 4.78 is 6.84. The first-order valence-electron chi connectivity index (χ1n) is 8.86. The number of carboxylic acids is 1. The van der Waals surface area contributed by atoms with E-state index in [4.69, 9.17) is 9.84 Å². The molecular formula is C20H18N4O6. The topological polar surface area (TPSA) is 137 Å². The number of benzene rings is 2. The molecule has 1 unspecified atom stereocenters. The zero-order chi connectivity index (χ0) is 21.8. The fourth-order valence-electron chi connectivity index (χ4n) is 2.62. The van der Waals surface area contributed by atoms with E-state index in [-0.39, 0.29) is 22.8 Å². The molecule has 0 radical (unpaired) electrons. The van der Waals surface area contributed by atoms with Gasteiger partial charge in [-0.3, -0.25) is 19.6 Å². The van der Waals surface area contributed by atoms with Crippen molar-refractivity contribution in [3.63, 3.8) is 0 Å². The van der Waals surface area contributed by atoms with Crippen LogP contribution in [0.2, 0.25) is 0 Å². The molecule has 0 aliphatic carbocycles. The highest BCUT2D eigenvalue weighted by Gasteiger charge is 2.18. The van der Waals surface area contributed by atoms with Crippen molar-refractivity contribution >= 4 is 23.3 Å². The number of nitrogens with one attached hydrogen (secondary N) is 1. The molecule has 3 rings (SSSR count). The fourth-order valence-corrected chi connectivity index (χ4v) is 2.62. The number of rotatable bonds is 7. The number of amides is 1. The number of hydrogen-bond acceptors (Lipinski definition) is 6. The molecule has 0 saturated carbocycles. The number of hydrogen-bond donors (Lipinski definition) is 2. The number of nitro benzene ring substituents is 1. The largest absolute Gasteiger partial charge is 0.480 e. The van der Waals surface area contributed by atoms with E-state index in [1.807, 2.05) is 13.0 Å². The predicted octanol–water partition coefficient (Wildman–Crippen LogP) is 3.79. The second kappa shape index (κ2) is 8.43. The van der Waals surface area contributed by atoms with Crippen LogP contribution in [0.1, 0.15) is 29.0 Å². The molecule has 0 fully saturated rings. The van der Waals surface area contributed by atoms with Gasteiger partial charge in [0.15, 0.2) is 5.69 Å². The summed E-state index contributed by atoms with van der Waals surface area (Å²) in [5.41, 5.74) is 0.798. The highest BCUT2D eigenvalue weighted by Crippen LogP contribution is 2.30. The molecule has 3 aromatic rings. The van der Waals surface area contributed by atoms with Crippen molar-refractivity contribution in [1.82, 2.24) is 9.78 Å². The van der Waals surface area contributed by atoms with Gasteiger partial charge in [0.25, 0.3) is 11.6 Å². The molecule has 30 heavy (non-hydrogen) atoms. The lowest BCUT2D eigenvalue weighted by Crippen LogP contribution is -2.18. The Morgan fingerprint density at radius 1 is 1.20 bits per heavy atom. The average Bonchev–Trinajstić information content (AvgIpc) is 3.17. The zero-order valence-electron chi connectivity index (χ0n) is 16.1. The summed E-state index contributed by atoms with van der Waals surface area (Å²) in [6.07, 6.45) is 1.37. The average molecular weight is 410 g/mol. The molecular weight excluding hydrogens is 392 g/mol. The molecule has 2 aromatic carbocycles. The summed E-state index contributed by atoms with van der Waals surface area (Å²) >= 11 is 0. The van der Waals surface area contributed by atoms with E-state index in [9.17, 15) is 19.7 Å². The van der Waals surface area contributed by atoms with Crippen LogP contribution in [0, 0.1) is 17.0 Å². The quantitative estimate of drug-likeness (QED) is 0.446. The van der Waals surface area contributed by atoms with Crippen LogP contribution < -0.4 is 10.1 Å². The molecule has 0 spiro atoms. The van der Waals surface area contributed by atoms with E-state index >= 15 is 0 Å². The molecule has 10 nitrogen and oxygen atoms in total. The van der Waals surface area contributed by atoms with Gasteiger partial charge in [0.2, 0.25) is 0 Å². The Morgan fingerprint density at radius 2 is 1.97 bits per heavy atom. The Hall–Kier alpha value is -4.21. The van der Waals surface area contributed by atoms with Gasteiger partial charge in [0, 0.05) is 18.3 Å². The Balaban J connectivity index is 1.84. The SMILES string of the molecule is Cc1cccc(Oc2cc(NC(=O)c3ccn(C(C)C(=O)O)n3)cc([N+](=O)[O-])c2)c1. The van der Waals surface area contributed by atoms with Gasteiger partial charge >= 0.3 is 5.97 Å². The highest BCUT2D eigenvalue weighted by molar-refractivity contribution is 6.03. The van der Waals surface area contributed by atoms with Crippen molar-refractivity contribution in [1.29, 1.82) is 0 Å². The van der Waals surface area contributed by atoms with Gasteiger partial charge in [0.1, 0.15) is 17.5 Å². The number of aryl methyl sites for hydroxylation is 1. The zero-order valence-corrected chi connectivity index (χ0v) is 16.1. The molecule has 1 aromatic heterocycles. The van der Waals surface area contributed by atoms with Crippen molar-refractivity contribution in [2.24, 2.45) is 0 Å². The number of aromatic nitrogens is 2. The van der Waals surface area contributed by atoms with Crippen LogP contribution in [0.5, 0.6) is 11.5 Å². The molecule has 1 atom stereocenters. The minimum atomic E-state index is -1.10. The maximum atomic E-state index is 12.5. The molecule has 10 heteroatoms. The second-order valence-corrected chi connectivity index (χ2v) is 6.54. The van der Waals surface area contributed by atoms with Crippen molar-refractivity contribution in [3.8, 4) is 11.5 Å². The Kier molecular flexibility index (Phi) is 5.77. The lowest BCUT2D eigenvalue weighted by molar-refractivity contribution is -0.384. The van der Waals surface area contributed by atoms with Crippen molar-refractivity contribution in [2.45, 2.75) is 19.9 Å². The van der Waals surface area contributed by atoms with Crippen LogP contribution >= 0.6 is 0 Å². The highest BCUT2D eigenvalue weighted by atomic mass is 16.6. The van der Waals surface area contributed by atoms with Crippen molar-refractivity contribution in [2.75, 3.05) is 5.32 Å². The smallest absolute Gasteiger partial charge is 0.328 e. The Bertz CT molecular complexity index is 1120. The summed E-state index contributed by atoms with van der Waals surface area (Å²) in [4.78, 5) is 34.2. The maximum Gasteiger partial charge on any atom is 0.328 e. The molecule has 1 amide bonds. The third-order valence-electron chi connectivity index (χ3n) is 4.18. The molecule has 0 aliphatic rings. The first kappa shape index (κ1) is 20.5. The number of nitro groups is 1. The number of non-ortho nitro benzene ring substituents is 1. The third kappa shape index (κ3) is 4.79. The first-order valence-corrected chi connectivity index (χ1v) is 8.86. The number of carboxylic acid groups (broad SMARTS) is 1. The van der Waals surface area contributed by atoms with Crippen LogP contribution in [-0.2, 0) is 4.79 Å². The maximum absolute atomic E-state index is 12.5. The predicted molar refractivity (Wildman–Crippen MR) is 107 cm³/mol. The third-order valence-corrected chi connectivity index (χ3v) is 4.18. The monoisotopic (exact) mass is 410 g/mol. The van der Waals surface area contributed by atoms with Gasteiger partial charge in [0.05, 0.1) is 16.7 Å². The van der Waals surface area contributed by atoms with E-state index in [0.717, 1.165) is 10.2 Å². The van der Waals surface area contributed by atoms with Crippen LogP contribution in [0.4, 0.5) is 11.4 Å². The number of anilines is 1. The standard InChI is InChI=1S/C20H18N4O6/c1-12-4-3-5-16(8-12)30-17-10-14(9-15(11-17)24(28)29)21-19(25)18-6-7-23(22-18)13(2)20(26)27/h3-11,13H,1-2H3,(H,21,25)(H,26,27). The van der Waals surface area contributed by atoms with Crippen molar-refractivity contribution < 1.29 is 24.4 Å². The van der Waals surface area contributed by atoms with Crippen LogP contribution in [-0.4, -0.2) is 31.7 Å². The van der Waals surface area contributed by atoms with E-state index < -0.39 is 22.8 Å². The van der Waals surface area contributed by atoms with Gasteiger partial charge in [-0.2, -0.15) is 5.10 Å². The van der Waals surface area contributed by atoms with E-state index in [0.29, 0.717) is 5.75 Å². The summed E-state index contributed by atoms with van der Waals surface area (Å²) in [7, 11) is 0. The summed E-state index contributed by atoms with van der Waals surface area (Å²) in [5.74, 6) is -1.07. The van der Waals surface area contributed by atoms with Gasteiger partial charge in [-0.15, -0.1) is 0 Å². The van der Waals surface area contributed by atoms with Gasteiger partial charge in [-0.25, -0.2) is 4.79 Å². The number of ether oxygens (including phenoxy) is 1. The van der Waals surface area contributed by atoms with E-state index in [1.165, 1.54) is 37.4 Å². The van der Waals surface area contributed by atoms with Crippen LogP contribution in [0.15, 0.2) is 54.7 Å². The number of nitrogens with zero attached hydrogens (tertiary/aromatic N) is 3. The van der Waals surface area contributed by atoms with E-state index in [1.54, 1.807) is 18.2 Å². The van der Waals surface area contributed by atoms with Crippen molar-refractivity contribution in [3.05, 3.63) is 76.1 Å². The molecule has 0 saturated heterocycles. The Labute approximate surface area is 170 Å². The van der Waals surface area contributed by atoms with E-state index in [2.05, 4.69) is 10.4 Å². The normalized spacial score (nSPS) is 11.5. The fraction of sp³-hybridized carbons (Fsp3) is 0.150. The number of aliphatic carboxylic acids is 1. The summed E-state index contributed by atoms with van der Waals surface area (Å²) in [5, 5.41) is 26.8. The molecule has 0 aliphatic heterocycles. The van der Waals surface area contributed by atoms with Gasteiger partial charge in [-0.1, -0.05) is 12.1 Å². The molecule has 0 bridgehead atoms. The molecule has 154 valence electrons. The lowest BCUT2D eigenvalue weighted by atomic mass is 10.2. The number of carbonyl (C=O) groups excluding carboxylic acids is 1. The first-order chi connectivity index (χ1) is 14.2. The lowest BCUT2D eigenvalue weighted by Gasteiger charge is -2.09. The molecule has 2 N–H and O–H groups in total. The minimum Gasteiger partial charge on any atom is -0.480 e. The Morgan fingerprint density at radius 3 is 2.63 bits per heavy atom. The summed E-state index contributed by atoms with van der Waals surface area (Å²) in [6.45, 7) is 3.31. The summed E-state index contributed by atoms with van der Waals surface area (Å²) in [6, 6.07) is 11.5. The minimum absolute atomic E-state index is 0.0317. The van der Waals surface area contributed by atoms with Crippen LogP contribution in [0.3, 0.4) is 0 Å². The molecule has 1 heterocycles.